The van der Waals surface area contributed by atoms with Crippen LogP contribution in [0.5, 0.6) is 5.75 Å². The van der Waals surface area contributed by atoms with Gasteiger partial charge in [0, 0.05) is 43.1 Å². The molecule has 2 aromatic carbocycles. The number of nitrogens with one attached hydrogen (secondary N) is 1. The molecule has 0 radical (unpaired) electrons. The molecule has 1 aliphatic carbocycles. The van der Waals surface area contributed by atoms with Gasteiger partial charge in [-0.05, 0) is 69.1 Å². The Hall–Kier alpha value is -2.99. The molecule has 6 nitrogen and oxygen atoms in total. The Kier molecular flexibility index (Phi) is 6.30. The maximum absolute atomic E-state index is 6.20. The summed E-state index contributed by atoms with van der Waals surface area (Å²) < 4.78 is 12.2. The van der Waals surface area contributed by atoms with E-state index < -0.39 is 0 Å². The average Bonchev–Trinajstić information content (AvgIpc) is 3.30. The number of benzene rings is 2. The summed E-state index contributed by atoms with van der Waals surface area (Å²) in [5, 5.41) is 3.28. The predicted octanol–water partition coefficient (Wildman–Crippen LogP) is 5.55. The van der Waals surface area contributed by atoms with Crippen LogP contribution in [0.15, 0.2) is 59.1 Å². The quantitative estimate of drug-likeness (QED) is 0.551. The molecule has 0 atom stereocenters. The second-order valence-electron chi connectivity index (χ2n) is 8.90. The van der Waals surface area contributed by atoms with Crippen LogP contribution in [-0.2, 0) is 0 Å². The number of hydrogen-bond donors (Lipinski definition) is 1. The van der Waals surface area contributed by atoms with Crippen LogP contribution in [0.3, 0.4) is 0 Å². The van der Waals surface area contributed by atoms with Gasteiger partial charge in [-0.25, -0.2) is 4.98 Å². The van der Waals surface area contributed by atoms with E-state index in [0.717, 1.165) is 61.8 Å². The Morgan fingerprint density at radius 3 is 2.53 bits per heavy atom. The molecule has 3 aromatic rings. The summed E-state index contributed by atoms with van der Waals surface area (Å²) in [6.45, 7) is 4.34. The van der Waals surface area contributed by atoms with Gasteiger partial charge in [0.25, 0.3) is 6.01 Å². The lowest BCUT2D eigenvalue weighted by Gasteiger charge is -2.34. The van der Waals surface area contributed by atoms with Crippen molar-refractivity contribution in [2.24, 2.45) is 0 Å². The molecule has 2 heterocycles. The first-order chi connectivity index (χ1) is 15.7. The Bertz CT molecular complexity index is 1000. The zero-order valence-electron chi connectivity index (χ0n) is 18.8. The van der Waals surface area contributed by atoms with E-state index in [1.54, 1.807) is 6.20 Å². The maximum atomic E-state index is 6.20. The molecule has 0 unspecified atom stereocenters. The normalized spacial score (nSPS) is 18.0. The SMILES string of the molecule is CN1CCN(c2ccc(Nc3ncc(-c4cccc(OC5CCCCC5)c4)o3)cc2)CC1. The standard InChI is InChI=1S/C26H32N4O2/c1-29-14-16-30(17-15-29)22-12-10-21(11-13-22)28-26-27-19-25(32-26)20-6-5-9-24(18-20)31-23-7-3-2-4-8-23/h5-6,9-13,18-19,23H,2-4,7-8,14-17H2,1H3,(H,27,28). The van der Waals surface area contributed by atoms with Crippen molar-refractivity contribution >= 4 is 17.4 Å². The highest BCUT2D eigenvalue weighted by atomic mass is 16.5. The first-order valence-corrected chi connectivity index (χ1v) is 11.8. The summed E-state index contributed by atoms with van der Waals surface area (Å²) in [7, 11) is 2.18. The number of anilines is 3. The van der Waals surface area contributed by atoms with E-state index in [1.165, 1.54) is 24.9 Å². The number of hydrogen-bond acceptors (Lipinski definition) is 6. The first kappa shape index (κ1) is 20.9. The lowest BCUT2D eigenvalue weighted by molar-refractivity contribution is 0.155. The van der Waals surface area contributed by atoms with Crippen molar-refractivity contribution in [3.8, 4) is 17.1 Å². The van der Waals surface area contributed by atoms with Crippen molar-refractivity contribution < 1.29 is 9.15 Å². The number of oxazole rings is 1. The van der Waals surface area contributed by atoms with Gasteiger partial charge in [-0.15, -0.1) is 0 Å². The number of rotatable bonds is 6. The van der Waals surface area contributed by atoms with E-state index in [4.69, 9.17) is 9.15 Å². The van der Waals surface area contributed by atoms with Crippen LogP contribution in [0.4, 0.5) is 17.4 Å². The van der Waals surface area contributed by atoms with Crippen LogP contribution < -0.4 is 15.0 Å². The van der Waals surface area contributed by atoms with E-state index >= 15 is 0 Å². The van der Waals surface area contributed by atoms with Crippen LogP contribution in [0.1, 0.15) is 32.1 Å². The molecule has 0 bridgehead atoms. The van der Waals surface area contributed by atoms with Crippen LogP contribution in [0.25, 0.3) is 11.3 Å². The molecule has 1 N–H and O–H groups in total. The second-order valence-corrected chi connectivity index (χ2v) is 8.90. The summed E-state index contributed by atoms with van der Waals surface area (Å²) in [6.07, 6.45) is 8.24. The first-order valence-electron chi connectivity index (χ1n) is 11.8. The molecular formula is C26H32N4O2. The lowest BCUT2D eigenvalue weighted by atomic mass is 9.98. The predicted molar refractivity (Wildman–Crippen MR) is 129 cm³/mol. The van der Waals surface area contributed by atoms with Gasteiger partial charge < -0.3 is 24.3 Å². The van der Waals surface area contributed by atoms with Gasteiger partial charge in [0.05, 0.1) is 12.3 Å². The molecular weight excluding hydrogens is 400 g/mol. The molecule has 2 aliphatic rings. The zero-order valence-corrected chi connectivity index (χ0v) is 18.8. The summed E-state index contributed by atoms with van der Waals surface area (Å²) in [6, 6.07) is 17.1. The van der Waals surface area contributed by atoms with Gasteiger partial charge in [0.15, 0.2) is 5.76 Å². The summed E-state index contributed by atoms with van der Waals surface area (Å²) in [5.41, 5.74) is 3.20. The van der Waals surface area contributed by atoms with Crippen LogP contribution in [0.2, 0.25) is 0 Å². The van der Waals surface area contributed by atoms with Crippen molar-refractivity contribution in [1.29, 1.82) is 0 Å². The minimum Gasteiger partial charge on any atom is -0.490 e. The van der Waals surface area contributed by atoms with E-state index in [-0.39, 0.29) is 0 Å². The van der Waals surface area contributed by atoms with Gasteiger partial charge in [-0.3, -0.25) is 0 Å². The van der Waals surface area contributed by atoms with Gasteiger partial charge >= 0.3 is 0 Å². The maximum Gasteiger partial charge on any atom is 0.299 e. The summed E-state index contributed by atoms with van der Waals surface area (Å²) >= 11 is 0. The Morgan fingerprint density at radius 1 is 0.969 bits per heavy atom. The molecule has 1 saturated carbocycles. The van der Waals surface area contributed by atoms with Gasteiger partial charge in [-0.2, -0.15) is 0 Å². The fraction of sp³-hybridized carbons (Fsp3) is 0.423. The molecule has 0 amide bonds. The van der Waals surface area contributed by atoms with Crippen molar-refractivity contribution in [3.05, 3.63) is 54.7 Å². The minimum atomic E-state index is 0.333. The van der Waals surface area contributed by atoms with E-state index in [1.807, 2.05) is 24.3 Å². The lowest BCUT2D eigenvalue weighted by Crippen LogP contribution is -2.44. The molecule has 1 aromatic heterocycles. The van der Waals surface area contributed by atoms with E-state index in [2.05, 4.69) is 51.4 Å². The molecule has 32 heavy (non-hydrogen) atoms. The average molecular weight is 433 g/mol. The molecule has 1 aliphatic heterocycles. The molecule has 0 spiro atoms. The van der Waals surface area contributed by atoms with Crippen LogP contribution >= 0.6 is 0 Å². The fourth-order valence-electron chi connectivity index (χ4n) is 4.51. The number of aromatic nitrogens is 1. The molecule has 2 fully saturated rings. The summed E-state index contributed by atoms with van der Waals surface area (Å²) in [4.78, 5) is 9.21. The van der Waals surface area contributed by atoms with Gasteiger partial charge in [0.2, 0.25) is 0 Å². The Labute approximate surface area is 190 Å². The van der Waals surface area contributed by atoms with Gasteiger partial charge in [-0.1, -0.05) is 18.6 Å². The third-order valence-corrected chi connectivity index (χ3v) is 6.47. The third kappa shape index (κ3) is 5.07. The number of likely N-dealkylation sites (N-methyl/N-ethyl adjacent to an activating group) is 1. The highest BCUT2D eigenvalue weighted by Crippen LogP contribution is 2.30. The number of piperazine rings is 1. The van der Waals surface area contributed by atoms with Crippen LogP contribution in [0, 0.1) is 0 Å². The third-order valence-electron chi connectivity index (χ3n) is 6.47. The Balaban J connectivity index is 1.22. The van der Waals surface area contributed by atoms with Crippen molar-refractivity contribution in [3.63, 3.8) is 0 Å². The smallest absolute Gasteiger partial charge is 0.299 e. The fourth-order valence-corrected chi connectivity index (χ4v) is 4.51. The van der Waals surface area contributed by atoms with Crippen molar-refractivity contribution in [1.82, 2.24) is 9.88 Å². The number of ether oxygens (including phenoxy) is 1. The van der Waals surface area contributed by atoms with Gasteiger partial charge in [0.1, 0.15) is 5.75 Å². The molecule has 1 saturated heterocycles. The van der Waals surface area contributed by atoms with E-state index in [0.29, 0.717) is 12.1 Å². The number of nitrogens with zero attached hydrogens (tertiary/aromatic N) is 3. The minimum absolute atomic E-state index is 0.333. The zero-order chi connectivity index (χ0) is 21.8. The molecule has 5 rings (SSSR count). The topological polar surface area (TPSA) is 53.8 Å². The monoisotopic (exact) mass is 432 g/mol. The molecule has 6 heteroatoms. The summed E-state index contributed by atoms with van der Waals surface area (Å²) in [5.74, 6) is 1.63. The highest BCUT2D eigenvalue weighted by Gasteiger charge is 2.16. The highest BCUT2D eigenvalue weighted by molar-refractivity contribution is 5.62. The Morgan fingerprint density at radius 2 is 1.75 bits per heavy atom. The van der Waals surface area contributed by atoms with E-state index in [9.17, 15) is 0 Å². The molecule has 168 valence electrons. The van der Waals surface area contributed by atoms with Crippen LogP contribution in [-0.4, -0.2) is 49.2 Å². The van der Waals surface area contributed by atoms with Crippen molar-refractivity contribution in [2.75, 3.05) is 43.4 Å². The second kappa shape index (κ2) is 9.65. The largest absolute Gasteiger partial charge is 0.490 e. The van der Waals surface area contributed by atoms with Crippen molar-refractivity contribution in [2.45, 2.75) is 38.2 Å².